The Morgan fingerprint density at radius 3 is 2.72 bits per heavy atom. The minimum atomic E-state index is -0.00406. The molecule has 0 atom stereocenters. The molecular formula is C15H16N2O. The van der Waals surface area contributed by atoms with Crippen LogP contribution in [0, 0.1) is 0 Å². The minimum Gasteiger partial charge on any atom is -0.390 e. The van der Waals surface area contributed by atoms with Crippen molar-refractivity contribution in [1.82, 2.24) is 4.98 Å². The molecule has 0 fully saturated rings. The molecule has 0 amide bonds. The van der Waals surface area contributed by atoms with Gasteiger partial charge < -0.3 is 10.0 Å². The third-order valence-corrected chi connectivity index (χ3v) is 3.33. The molecule has 1 aliphatic rings. The van der Waals surface area contributed by atoms with Gasteiger partial charge >= 0.3 is 0 Å². The van der Waals surface area contributed by atoms with Crippen molar-refractivity contribution in [3.05, 3.63) is 53.7 Å². The maximum Gasteiger partial charge on any atom is 0.136 e. The maximum absolute atomic E-state index is 9.21. The summed E-state index contributed by atoms with van der Waals surface area (Å²) >= 11 is 0. The van der Waals surface area contributed by atoms with E-state index in [-0.39, 0.29) is 6.61 Å². The van der Waals surface area contributed by atoms with E-state index in [9.17, 15) is 5.11 Å². The lowest BCUT2D eigenvalue weighted by Crippen LogP contribution is -2.26. The van der Waals surface area contributed by atoms with E-state index in [1.54, 1.807) is 0 Å². The Balaban J connectivity index is 2.05. The van der Waals surface area contributed by atoms with Crippen molar-refractivity contribution >= 4 is 11.5 Å². The van der Waals surface area contributed by atoms with Crippen molar-refractivity contribution in [2.24, 2.45) is 0 Å². The van der Waals surface area contributed by atoms with Crippen molar-refractivity contribution in [3.63, 3.8) is 0 Å². The summed E-state index contributed by atoms with van der Waals surface area (Å²) in [6.07, 6.45) is 2.21. The van der Waals surface area contributed by atoms with Crippen LogP contribution in [0.5, 0.6) is 0 Å². The number of pyridine rings is 1. The van der Waals surface area contributed by atoms with Gasteiger partial charge in [0.2, 0.25) is 0 Å². The molecule has 18 heavy (non-hydrogen) atoms. The second-order valence-corrected chi connectivity index (χ2v) is 4.53. The molecule has 0 spiro atoms. The van der Waals surface area contributed by atoms with E-state index in [0.29, 0.717) is 0 Å². The maximum atomic E-state index is 9.21. The van der Waals surface area contributed by atoms with Crippen LogP contribution in [0.15, 0.2) is 42.5 Å². The molecule has 1 aromatic heterocycles. The highest BCUT2D eigenvalue weighted by molar-refractivity contribution is 5.64. The van der Waals surface area contributed by atoms with Crippen LogP contribution in [0.3, 0.4) is 0 Å². The third-order valence-electron chi connectivity index (χ3n) is 3.33. The number of nitrogens with zero attached hydrogens (tertiary/aromatic N) is 2. The van der Waals surface area contributed by atoms with Crippen LogP contribution in [-0.2, 0) is 13.0 Å². The number of aromatic nitrogens is 1. The summed E-state index contributed by atoms with van der Waals surface area (Å²) in [5, 5.41) is 9.21. The number of anilines is 2. The molecule has 0 radical (unpaired) electrons. The lowest BCUT2D eigenvalue weighted by atomic mass is 10.0. The van der Waals surface area contributed by atoms with Crippen LogP contribution in [0.25, 0.3) is 0 Å². The van der Waals surface area contributed by atoms with Gasteiger partial charge in [-0.3, -0.25) is 0 Å². The summed E-state index contributed by atoms with van der Waals surface area (Å²) in [5.41, 5.74) is 3.17. The van der Waals surface area contributed by atoms with Gasteiger partial charge in [-0.1, -0.05) is 24.3 Å². The van der Waals surface area contributed by atoms with E-state index in [1.165, 1.54) is 11.3 Å². The molecule has 2 heterocycles. The Labute approximate surface area is 107 Å². The fourth-order valence-corrected chi connectivity index (χ4v) is 2.43. The monoisotopic (exact) mass is 240 g/mol. The number of aryl methyl sites for hydroxylation is 1. The lowest BCUT2D eigenvalue weighted by Gasteiger charge is -2.30. The number of hydrogen-bond donors (Lipinski definition) is 1. The fraction of sp³-hybridized carbons (Fsp3) is 0.267. The second kappa shape index (κ2) is 4.78. The van der Waals surface area contributed by atoms with Crippen LogP contribution in [0.1, 0.15) is 17.7 Å². The molecule has 92 valence electrons. The Bertz CT molecular complexity index is 539. The first-order chi connectivity index (χ1) is 8.88. The van der Waals surface area contributed by atoms with Gasteiger partial charge in [0, 0.05) is 12.2 Å². The zero-order valence-electron chi connectivity index (χ0n) is 10.2. The van der Waals surface area contributed by atoms with E-state index in [2.05, 4.69) is 28.1 Å². The summed E-state index contributed by atoms with van der Waals surface area (Å²) in [7, 11) is 0. The highest BCUT2D eigenvalue weighted by Crippen LogP contribution is 2.31. The van der Waals surface area contributed by atoms with Crippen molar-refractivity contribution in [1.29, 1.82) is 0 Å². The summed E-state index contributed by atoms with van der Waals surface area (Å²) in [5.74, 6) is 0.999. The Morgan fingerprint density at radius 1 is 1.11 bits per heavy atom. The van der Waals surface area contributed by atoms with Crippen LogP contribution >= 0.6 is 0 Å². The van der Waals surface area contributed by atoms with Crippen molar-refractivity contribution in [2.45, 2.75) is 19.4 Å². The third kappa shape index (κ3) is 1.97. The minimum absolute atomic E-state index is 0.00406. The molecular weight excluding hydrogens is 224 g/mol. The molecule has 1 N–H and O–H groups in total. The number of benzene rings is 1. The fourth-order valence-electron chi connectivity index (χ4n) is 2.43. The Kier molecular flexibility index (Phi) is 2.99. The number of aliphatic hydroxyl groups is 1. The molecule has 3 rings (SSSR count). The Hall–Kier alpha value is -1.87. The number of fused-ring (bicyclic) bond motifs is 1. The van der Waals surface area contributed by atoms with Crippen LogP contribution in [0.4, 0.5) is 11.5 Å². The van der Waals surface area contributed by atoms with Gasteiger partial charge in [0.15, 0.2) is 0 Å². The normalized spacial score (nSPS) is 14.4. The first-order valence-corrected chi connectivity index (χ1v) is 6.31. The molecule has 0 saturated heterocycles. The van der Waals surface area contributed by atoms with Gasteiger partial charge in [-0.15, -0.1) is 0 Å². The van der Waals surface area contributed by atoms with E-state index < -0.39 is 0 Å². The summed E-state index contributed by atoms with van der Waals surface area (Å²) in [6.45, 7) is 0.981. The molecule has 1 aromatic carbocycles. The molecule has 0 unspecified atom stereocenters. The van der Waals surface area contributed by atoms with Crippen molar-refractivity contribution in [2.75, 3.05) is 11.4 Å². The van der Waals surface area contributed by atoms with Crippen molar-refractivity contribution in [3.8, 4) is 0 Å². The standard InChI is InChI=1S/C15H16N2O/c18-11-13-9-8-12-5-4-10-17(15(12)16-13)14-6-2-1-3-7-14/h1-3,6-9,18H,4-5,10-11H2. The summed E-state index contributed by atoms with van der Waals surface area (Å²) < 4.78 is 0. The van der Waals surface area contributed by atoms with Gasteiger partial charge in [-0.25, -0.2) is 4.98 Å². The largest absolute Gasteiger partial charge is 0.390 e. The smallest absolute Gasteiger partial charge is 0.136 e. The quantitative estimate of drug-likeness (QED) is 0.876. The first-order valence-electron chi connectivity index (χ1n) is 6.31. The lowest BCUT2D eigenvalue weighted by molar-refractivity contribution is 0.277. The van der Waals surface area contributed by atoms with Crippen LogP contribution in [-0.4, -0.2) is 16.6 Å². The highest BCUT2D eigenvalue weighted by atomic mass is 16.3. The van der Waals surface area contributed by atoms with Gasteiger partial charge in [0.25, 0.3) is 0 Å². The van der Waals surface area contributed by atoms with Gasteiger partial charge in [0.1, 0.15) is 5.82 Å². The molecule has 3 nitrogen and oxygen atoms in total. The van der Waals surface area contributed by atoms with Crippen LogP contribution in [0.2, 0.25) is 0 Å². The molecule has 2 aromatic rings. The zero-order chi connectivity index (χ0) is 12.4. The highest BCUT2D eigenvalue weighted by Gasteiger charge is 2.19. The topological polar surface area (TPSA) is 36.4 Å². The van der Waals surface area contributed by atoms with E-state index in [4.69, 9.17) is 0 Å². The van der Waals surface area contributed by atoms with Gasteiger partial charge in [-0.2, -0.15) is 0 Å². The van der Waals surface area contributed by atoms with E-state index in [1.807, 2.05) is 24.3 Å². The number of aliphatic hydroxyl groups excluding tert-OH is 1. The average Bonchev–Trinajstić information content (AvgIpc) is 2.47. The van der Waals surface area contributed by atoms with Gasteiger partial charge in [0.05, 0.1) is 12.3 Å². The molecule has 3 heteroatoms. The first kappa shape index (κ1) is 11.2. The summed E-state index contributed by atoms with van der Waals surface area (Å²) in [6, 6.07) is 14.3. The second-order valence-electron chi connectivity index (χ2n) is 4.53. The average molecular weight is 240 g/mol. The van der Waals surface area contributed by atoms with Crippen LogP contribution < -0.4 is 4.90 Å². The number of rotatable bonds is 2. The molecule has 1 aliphatic heterocycles. The molecule has 0 aliphatic carbocycles. The van der Waals surface area contributed by atoms with E-state index >= 15 is 0 Å². The Morgan fingerprint density at radius 2 is 1.94 bits per heavy atom. The SMILES string of the molecule is OCc1ccc2c(n1)N(c1ccccc1)CCC2. The summed E-state index contributed by atoms with van der Waals surface area (Å²) in [4.78, 5) is 6.80. The molecule has 0 saturated carbocycles. The zero-order valence-corrected chi connectivity index (χ0v) is 10.2. The molecule has 0 bridgehead atoms. The predicted molar refractivity (Wildman–Crippen MR) is 71.9 cm³/mol. The van der Waals surface area contributed by atoms with Crippen molar-refractivity contribution < 1.29 is 5.11 Å². The van der Waals surface area contributed by atoms with Gasteiger partial charge in [-0.05, 0) is 36.6 Å². The number of hydrogen-bond acceptors (Lipinski definition) is 3. The van der Waals surface area contributed by atoms with E-state index in [0.717, 1.165) is 30.9 Å². The predicted octanol–water partition coefficient (Wildman–Crippen LogP) is 2.66. The number of para-hydroxylation sites is 1.